The van der Waals surface area contributed by atoms with E-state index in [1.54, 1.807) is 0 Å². The van der Waals surface area contributed by atoms with E-state index in [-0.39, 0.29) is 18.8 Å². The number of fused-ring (bicyclic) bond motifs is 1. The van der Waals surface area contributed by atoms with Gasteiger partial charge in [0.2, 0.25) is 5.91 Å². The number of piperazine rings is 1. The van der Waals surface area contributed by atoms with Gasteiger partial charge in [-0.1, -0.05) is 11.3 Å². The van der Waals surface area contributed by atoms with Crippen LogP contribution in [0.1, 0.15) is 6.42 Å². The normalized spacial score (nSPS) is 16.9. The Bertz CT molecular complexity index is 838. The number of carboxylic acid groups (broad SMARTS) is 1. The van der Waals surface area contributed by atoms with Crippen molar-refractivity contribution in [2.45, 2.75) is 6.42 Å². The molecule has 0 bridgehead atoms. The zero-order valence-electron chi connectivity index (χ0n) is 15.3. The molecule has 0 radical (unpaired) electrons. The minimum atomic E-state index is -1.01. The first-order valence-corrected chi connectivity index (χ1v) is 9.90. The Morgan fingerprint density at radius 2 is 1.96 bits per heavy atom. The molecule has 1 aliphatic rings. The SMILES string of the molecule is O=C(C[C@H](CN1CCN(CCO)CC1)C(=O)O)Nc1nc2ccc(F)cc2s1. The summed E-state index contributed by atoms with van der Waals surface area (Å²) >= 11 is 1.15. The lowest BCUT2D eigenvalue weighted by Crippen LogP contribution is -2.49. The molecule has 1 amide bonds. The summed E-state index contributed by atoms with van der Waals surface area (Å²) in [7, 11) is 0. The summed E-state index contributed by atoms with van der Waals surface area (Å²) in [5, 5.41) is 21.4. The maximum Gasteiger partial charge on any atom is 0.308 e. The number of aliphatic hydroxyl groups is 1. The molecule has 3 rings (SSSR count). The first kappa shape index (κ1) is 20.6. The molecule has 152 valence electrons. The molecule has 2 aromatic rings. The van der Waals surface area contributed by atoms with Gasteiger partial charge in [-0.3, -0.25) is 19.4 Å². The van der Waals surface area contributed by atoms with E-state index in [4.69, 9.17) is 5.11 Å². The van der Waals surface area contributed by atoms with Crippen LogP contribution in [0.2, 0.25) is 0 Å². The number of amides is 1. The molecule has 3 N–H and O–H groups in total. The number of aromatic nitrogens is 1. The van der Waals surface area contributed by atoms with Crippen molar-refractivity contribution < 1.29 is 24.2 Å². The summed E-state index contributed by atoms with van der Waals surface area (Å²) in [5.41, 5.74) is 0.581. The monoisotopic (exact) mass is 410 g/mol. The van der Waals surface area contributed by atoms with Crippen LogP contribution < -0.4 is 5.32 Å². The average molecular weight is 410 g/mol. The third-order valence-corrected chi connectivity index (χ3v) is 5.67. The summed E-state index contributed by atoms with van der Waals surface area (Å²) < 4.78 is 13.9. The predicted octanol–water partition coefficient (Wildman–Crippen LogP) is 1.07. The van der Waals surface area contributed by atoms with E-state index in [0.29, 0.717) is 41.5 Å². The van der Waals surface area contributed by atoms with Crippen LogP contribution in [0.25, 0.3) is 10.2 Å². The summed E-state index contributed by atoms with van der Waals surface area (Å²) in [6, 6.07) is 4.18. The molecule has 2 heterocycles. The van der Waals surface area contributed by atoms with E-state index in [0.717, 1.165) is 24.4 Å². The Morgan fingerprint density at radius 1 is 1.25 bits per heavy atom. The number of nitrogens with zero attached hydrogens (tertiary/aromatic N) is 3. The minimum Gasteiger partial charge on any atom is -0.481 e. The van der Waals surface area contributed by atoms with Gasteiger partial charge in [0.1, 0.15) is 5.82 Å². The number of carboxylic acids is 1. The first-order chi connectivity index (χ1) is 13.4. The van der Waals surface area contributed by atoms with Crippen LogP contribution in [0.4, 0.5) is 9.52 Å². The molecule has 0 saturated carbocycles. The number of nitrogens with one attached hydrogen (secondary N) is 1. The molecule has 1 aliphatic heterocycles. The second kappa shape index (κ2) is 9.37. The van der Waals surface area contributed by atoms with Crippen LogP contribution in [0.5, 0.6) is 0 Å². The average Bonchev–Trinajstić information content (AvgIpc) is 3.04. The van der Waals surface area contributed by atoms with Gasteiger partial charge < -0.3 is 15.5 Å². The number of anilines is 1. The van der Waals surface area contributed by atoms with Crippen LogP contribution in [0, 0.1) is 11.7 Å². The second-order valence-corrected chi connectivity index (χ2v) is 7.82. The quantitative estimate of drug-likeness (QED) is 0.598. The van der Waals surface area contributed by atoms with E-state index in [9.17, 15) is 19.1 Å². The highest BCUT2D eigenvalue weighted by Gasteiger charge is 2.26. The van der Waals surface area contributed by atoms with Gasteiger partial charge in [-0.15, -0.1) is 0 Å². The maximum atomic E-state index is 13.3. The van der Waals surface area contributed by atoms with Crippen LogP contribution in [0.15, 0.2) is 18.2 Å². The van der Waals surface area contributed by atoms with Gasteiger partial charge in [-0.25, -0.2) is 9.37 Å². The number of thiazole rings is 1. The Balaban J connectivity index is 1.54. The van der Waals surface area contributed by atoms with Crippen LogP contribution in [-0.2, 0) is 9.59 Å². The van der Waals surface area contributed by atoms with Gasteiger partial charge in [-0.05, 0) is 18.2 Å². The summed E-state index contributed by atoms with van der Waals surface area (Å²) in [6.07, 6.45) is -0.156. The van der Waals surface area contributed by atoms with E-state index in [1.165, 1.54) is 18.2 Å². The van der Waals surface area contributed by atoms with Crippen molar-refractivity contribution in [2.75, 3.05) is 51.2 Å². The van der Waals surface area contributed by atoms with E-state index in [2.05, 4.69) is 15.2 Å². The minimum absolute atomic E-state index is 0.107. The Labute approximate surface area is 165 Å². The number of halogens is 1. The van der Waals surface area contributed by atoms with Crippen LogP contribution in [-0.4, -0.2) is 82.7 Å². The molecule has 10 heteroatoms. The van der Waals surface area contributed by atoms with Crippen molar-refractivity contribution >= 4 is 38.6 Å². The van der Waals surface area contributed by atoms with Crippen LogP contribution in [0.3, 0.4) is 0 Å². The van der Waals surface area contributed by atoms with Crippen molar-refractivity contribution in [2.24, 2.45) is 5.92 Å². The Hall–Kier alpha value is -2.14. The zero-order chi connectivity index (χ0) is 20.1. The van der Waals surface area contributed by atoms with Gasteiger partial charge in [0.15, 0.2) is 5.13 Å². The lowest BCUT2D eigenvalue weighted by atomic mass is 10.0. The fourth-order valence-corrected chi connectivity index (χ4v) is 4.13. The van der Waals surface area contributed by atoms with E-state index < -0.39 is 17.8 Å². The molecular formula is C18H23FN4O4S. The number of rotatable bonds is 8. The molecular weight excluding hydrogens is 387 g/mol. The van der Waals surface area contributed by atoms with Gasteiger partial charge in [0.05, 0.1) is 22.7 Å². The maximum absolute atomic E-state index is 13.3. The number of carbonyl (C=O) groups is 2. The number of aliphatic hydroxyl groups excluding tert-OH is 1. The molecule has 8 nitrogen and oxygen atoms in total. The van der Waals surface area contributed by atoms with Crippen molar-refractivity contribution in [3.8, 4) is 0 Å². The zero-order valence-corrected chi connectivity index (χ0v) is 16.1. The largest absolute Gasteiger partial charge is 0.481 e. The Kier molecular flexibility index (Phi) is 6.89. The number of hydrogen-bond acceptors (Lipinski definition) is 7. The molecule has 1 saturated heterocycles. The molecule has 0 aliphatic carbocycles. The third-order valence-electron chi connectivity index (χ3n) is 4.74. The topological polar surface area (TPSA) is 106 Å². The van der Waals surface area contributed by atoms with Crippen molar-refractivity contribution in [3.63, 3.8) is 0 Å². The lowest BCUT2D eigenvalue weighted by Gasteiger charge is -2.35. The Morgan fingerprint density at radius 3 is 2.64 bits per heavy atom. The fraction of sp³-hybridized carbons (Fsp3) is 0.500. The lowest BCUT2D eigenvalue weighted by molar-refractivity contribution is -0.144. The van der Waals surface area contributed by atoms with Crippen molar-refractivity contribution in [1.82, 2.24) is 14.8 Å². The summed E-state index contributed by atoms with van der Waals surface area (Å²) in [4.78, 5) is 32.3. The van der Waals surface area contributed by atoms with Gasteiger partial charge in [-0.2, -0.15) is 0 Å². The molecule has 1 fully saturated rings. The molecule has 1 aromatic heterocycles. The summed E-state index contributed by atoms with van der Waals surface area (Å²) in [5.74, 6) is -2.64. The fourth-order valence-electron chi connectivity index (χ4n) is 3.22. The molecule has 0 spiro atoms. The van der Waals surface area contributed by atoms with Gasteiger partial charge >= 0.3 is 5.97 Å². The number of β-amino-alcohol motifs (C(OH)–C–C–N with tert-alkyl or cyclic N) is 1. The number of benzene rings is 1. The van der Waals surface area contributed by atoms with Gasteiger partial charge in [0, 0.05) is 45.7 Å². The highest BCUT2D eigenvalue weighted by atomic mass is 32.1. The highest BCUT2D eigenvalue weighted by molar-refractivity contribution is 7.22. The van der Waals surface area contributed by atoms with E-state index in [1.807, 2.05) is 4.90 Å². The predicted molar refractivity (Wildman–Crippen MR) is 104 cm³/mol. The molecule has 28 heavy (non-hydrogen) atoms. The first-order valence-electron chi connectivity index (χ1n) is 9.09. The van der Waals surface area contributed by atoms with Crippen molar-refractivity contribution in [1.29, 1.82) is 0 Å². The summed E-state index contributed by atoms with van der Waals surface area (Å²) in [6.45, 7) is 3.95. The number of carbonyl (C=O) groups excluding carboxylic acids is 1. The number of hydrogen-bond donors (Lipinski definition) is 3. The molecule has 1 atom stereocenters. The highest BCUT2D eigenvalue weighted by Crippen LogP contribution is 2.26. The third kappa shape index (κ3) is 5.44. The van der Waals surface area contributed by atoms with Crippen molar-refractivity contribution in [3.05, 3.63) is 24.0 Å². The van der Waals surface area contributed by atoms with E-state index >= 15 is 0 Å². The number of aliphatic carboxylic acids is 1. The molecule has 1 aromatic carbocycles. The standard InChI is InChI=1S/C18H23FN4O4S/c19-13-1-2-14-15(10-13)28-18(20-14)21-16(25)9-12(17(26)27)11-23-5-3-22(4-6-23)7-8-24/h1-2,10,12,24H,3-9,11H2,(H,26,27)(H,20,21,25)/t12-/m1/s1. The molecule has 0 unspecified atom stereocenters. The second-order valence-electron chi connectivity index (χ2n) is 6.78. The van der Waals surface area contributed by atoms with Gasteiger partial charge in [0.25, 0.3) is 0 Å². The smallest absolute Gasteiger partial charge is 0.308 e. The van der Waals surface area contributed by atoms with Crippen LogP contribution >= 0.6 is 11.3 Å².